The van der Waals surface area contributed by atoms with Gasteiger partial charge < -0.3 is 9.84 Å². The molecule has 2 aliphatic rings. The highest BCUT2D eigenvalue weighted by atomic mass is 19.3. The molecule has 4 nitrogen and oxygen atoms in total. The molecule has 6 heteroatoms. The molecule has 0 radical (unpaired) electrons. The zero-order chi connectivity index (χ0) is 10.7. The summed E-state index contributed by atoms with van der Waals surface area (Å²) in [5.74, 6) is -7.66. The Kier molecular flexibility index (Phi) is 1.50. The van der Waals surface area contributed by atoms with E-state index in [9.17, 15) is 18.4 Å². The van der Waals surface area contributed by atoms with Gasteiger partial charge in [0.25, 0.3) is 5.92 Å². The molecule has 0 bridgehead atoms. The van der Waals surface area contributed by atoms with Crippen molar-refractivity contribution in [2.75, 3.05) is 7.11 Å². The molecule has 0 aliphatic heterocycles. The van der Waals surface area contributed by atoms with Crippen molar-refractivity contribution in [2.24, 2.45) is 17.3 Å². The Hall–Kier alpha value is -1.20. The van der Waals surface area contributed by atoms with E-state index < -0.39 is 41.5 Å². The molecule has 0 saturated heterocycles. The molecule has 2 fully saturated rings. The lowest BCUT2D eigenvalue weighted by molar-refractivity contribution is -0.146. The lowest BCUT2D eigenvalue weighted by Crippen LogP contribution is -2.09. The number of hydrogen-bond acceptors (Lipinski definition) is 3. The quantitative estimate of drug-likeness (QED) is 0.669. The summed E-state index contributed by atoms with van der Waals surface area (Å²) in [5.41, 5.74) is -1.63. The number of carbonyl (C=O) groups excluding carboxylic acids is 1. The Morgan fingerprint density at radius 3 is 2.14 bits per heavy atom. The third kappa shape index (κ3) is 0.809. The number of carboxylic acid groups (broad SMARTS) is 1. The predicted molar refractivity (Wildman–Crippen MR) is 38.6 cm³/mol. The number of hydrogen-bond donors (Lipinski definition) is 1. The number of rotatable bonds is 2. The lowest BCUT2D eigenvalue weighted by Gasteiger charge is -1.94. The molecule has 2 saturated carbocycles. The third-order valence-electron chi connectivity index (χ3n) is 3.13. The Bertz CT molecular complexity index is 327. The van der Waals surface area contributed by atoms with Crippen LogP contribution in [0.15, 0.2) is 0 Å². The number of ether oxygens (including phenoxy) is 1. The van der Waals surface area contributed by atoms with Gasteiger partial charge in [-0.1, -0.05) is 0 Å². The van der Waals surface area contributed by atoms with Crippen molar-refractivity contribution >= 4 is 11.9 Å². The van der Waals surface area contributed by atoms with E-state index in [2.05, 4.69) is 4.74 Å². The standard InChI is InChI=1S/C8H8F2O4/c1-14-6(13)4-3(5(11)12)7(4)2-8(7,9)10/h3-4H,2H2,1H3,(H,11,12)/t3-,4-,7?/m1/s1. The van der Waals surface area contributed by atoms with Crippen LogP contribution < -0.4 is 0 Å². The van der Waals surface area contributed by atoms with Gasteiger partial charge in [-0.05, 0) is 0 Å². The zero-order valence-electron chi connectivity index (χ0n) is 7.29. The van der Waals surface area contributed by atoms with Crippen molar-refractivity contribution in [3.63, 3.8) is 0 Å². The minimum atomic E-state index is -3.02. The summed E-state index contributed by atoms with van der Waals surface area (Å²) in [6.45, 7) is 0. The molecule has 0 aromatic rings. The maximum Gasteiger partial charge on any atom is 0.310 e. The highest BCUT2D eigenvalue weighted by Crippen LogP contribution is 2.82. The molecule has 0 heterocycles. The van der Waals surface area contributed by atoms with Gasteiger partial charge in [0.05, 0.1) is 24.4 Å². The highest BCUT2D eigenvalue weighted by Gasteiger charge is 2.93. The van der Waals surface area contributed by atoms with Gasteiger partial charge in [0, 0.05) is 6.42 Å². The number of alkyl halides is 2. The second-order valence-corrected chi connectivity index (χ2v) is 3.74. The number of methoxy groups -OCH3 is 1. The number of esters is 1. The van der Waals surface area contributed by atoms with Gasteiger partial charge in [-0.25, -0.2) is 8.78 Å². The molecule has 1 unspecified atom stereocenters. The Morgan fingerprint density at radius 1 is 1.43 bits per heavy atom. The van der Waals surface area contributed by atoms with Crippen molar-refractivity contribution in [3.8, 4) is 0 Å². The number of carboxylic acids is 1. The van der Waals surface area contributed by atoms with Gasteiger partial charge in [0.2, 0.25) is 0 Å². The van der Waals surface area contributed by atoms with Crippen LogP contribution in [0.3, 0.4) is 0 Å². The van der Waals surface area contributed by atoms with E-state index in [4.69, 9.17) is 5.11 Å². The minimum absolute atomic E-state index is 0.517. The maximum atomic E-state index is 12.9. The Morgan fingerprint density at radius 2 is 1.93 bits per heavy atom. The van der Waals surface area contributed by atoms with Gasteiger partial charge >= 0.3 is 11.9 Å². The molecule has 0 aromatic heterocycles. The molecule has 78 valence electrons. The van der Waals surface area contributed by atoms with Crippen molar-refractivity contribution in [1.29, 1.82) is 0 Å². The van der Waals surface area contributed by atoms with Gasteiger partial charge in [0.15, 0.2) is 0 Å². The third-order valence-corrected chi connectivity index (χ3v) is 3.13. The SMILES string of the molecule is COC(=O)[C@H]1[C@H](C(=O)O)C12CC2(F)F. The Labute approximate surface area is 77.8 Å². The molecule has 3 atom stereocenters. The average Bonchev–Trinajstić information content (AvgIpc) is 2.87. The Balaban J connectivity index is 2.22. The minimum Gasteiger partial charge on any atom is -0.481 e. The smallest absolute Gasteiger partial charge is 0.310 e. The summed E-state index contributed by atoms with van der Waals surface area (Å²) in [6, 6.07) is 0. The summed E-state index contributed by atoms with van der Waals surface area (Å²) in [4.78, 5) is 21.6. The van der Waals surface area contributed by atoms with Crippen molar-refractivity contribution in [2.45, 2.75) is 12.3 Å². The van der Waals surface area contributed by atoms with Gasteiger partial charge in [-0.3, -0.25) is 9.59 Å². The fourth-order valence-corrected chi connectivity index (χ4v) is 2.27. The average molecular weight is 206 g/mol. The van der Waals surface area contributed by atoms with Gasteiger partial charge in [-0.15, -0.1) is 0 Å². The van der Waals surface area contributed by atoms with Crippen LogP contribution in [0, 0.1) is 17.3 Å². The first kappa shape index (κ1) is 9.36. The lowest BCUT2D eigenvalue weighted by atomic mass is 10.3. The first-order valence-corrected chi connectivity index (χ1v) is 4.07. The molecule has 1 N–H and O–H groups in total. The fourth-order valence-electron chi connectivity index (χ4n) is 2.27. The van der Waals surface area contributed by atoms with E-state index in [1.807, 2.05) is 0 Å². The maximum absolute atomic E-state index is 12.9. The van der Waals surface area contributed by atoms with E-state index in [0.717, 1.165) is 7.11 Å². The monoisotopic (exact) mass is 206 g/mol. The molecule has 1 spiro atoms. The van der Waals surface area contributed by atoms with E-state index in [0.29, 0.717) is 0 Å². The normalized spacial score (nSPS) is 41.9. The van der Waals surface area contributed by atoms with Crippen molar-refractivity contribution < 1.29 is 28.2 Å². The molecule has 0 amide bonds. The van der Waals surface area contributed by atoms with Crippen LogP contribution in [-0.4, -0.2) is 30.1 Å². The predicted octanol–water partition coefficient (Wildman–Crippen LogP) is 0.515. The summed E-state index contributed by atoms with van der Waals surface area (Å²) in [7, 11) is 1.06. The number of halogens is 2. The number of carbonyl (C=O) groups is 2. The van der Waals surface area contributed by atoms with Crippen LogP contribution in [-0.2, 0) is 14.3 Å². The molecule has 14 heavy (non-hydrogen) atoms. The zero-order valence-corrected chi connectivity index (χ0v) is 7.29. The topological polar surface area (TPSA) is 63.6 Å². The summed E-state index contributed by atoms with van der Waals surface area (Å²) >= 11 is 0. The molecule has 2 rings (SSSR count). The summed E-state index contributed by atoms with van der Waals surface area (Å²) in [5, 5.41) is 8.63. The molecular formula is C8H8F2O4. The van der Waals surface area contributed by atoms with Crippen LogP contribution in [0.25, 0.3) is 0 Å². The fraction of sp³-hybridized carbons (Fsp3) is 0.750. The molecule has 0 aromatic carbocycles. The van der Waals surface area contributed by atoms with Crippen molar-refractivity contribution in [1.82, 2.24) is 0 Å². The van der Waals surface area contributed by atoms with E-state index >= 15 is 0 Å². The van der Waals surface area contributed by atoms with Crippen LogP contribution in [0.5, 0.6) is 0 Å². The first-order chi connectivity index (χ1) is 6.38. The molecular weight excluding hydrogens is 198 g/mol. The van der Waals surface area contributed by atoms with Gasteiger partial charge in [-0.2, -0.15) is 0 Å². The van der Waals surface area contributed by atoms with Crippen molar-refractivity contribution in [3.05, 3.63) is 0 Å². The molecule has 2 aliphatic carbocycles. The van der Waals surface area contributed by atoms with Crippen LogP contribution in [0.2, 0.25) is 0 Å². The van der Waals surface area contributed by atoms with Crippen LogP contribution >= 0.6 is 0 Å². The van der Waals surface area contributed by atoms with Gasteiger partial charge in [0.1, 0.15) is 0 Å². The largest absolute Gasteiger partial charge is 0.481 e. The van der Waals surface area contributed by atoms with E-state index in [-0.39, 0.29) is 0 Å². The van der Waals surface area contributed by atoms with Crippen LogP contribution in [0.4, 0.5) is 8.78 Å². The summed E-state index contributed by atoms with van der Waals surface area (Å²) in [6.07, 6.45) is -0.517. The second-order valence-electron chi connectivity index (χ2n) is 3.74. The van der Waals surface area contributed by atoms with E-state index in [1.165, 1.54) is 0 Å². The highest BCUT2D eigenvalue weighted by molar-refractivity contribution is 5.91. The van der Waals surface area contributed by atoms with E-state index in [1.54, 1.807) is 0 Å². The first-order valence-electron chi connectivity index (χ1n) is 4.07. The number of aliphatic carboxylic acids is 1. The second kappa shape index (κ2) is 2.24. The summed E-state index contributed by atoms with van der Waals surface area (Å²) < 4.78 is 30.0. The van der Waals surface area contributed by atoms with Crippen LogP contribution in [0.1, 0.15) is 6.42 Å².